The first kappa shape index (κ1) is 38.9. The summed E-state index contributed by atoms with van der Waals surface area (Å²) in [5, 5.41) is 11.8. The third-order valence-corrected chi connectivity index (χ3v) is 10.7. The Morgan fingerprint density at radius 1 is 0.400 bits per heavy atom. The molecule has 0 heterocycles. The Balaban J connectivity index is 1.03. The number of benzene rings is 8. The molecule has 0 spiro atoms. The van der Waals surface area contributed by atoms with Crippen LogP contribution in [-0.4, -0.2) is 0 Å². The summed E-state index contributed by atoms with van der Waals surface area (Å²) in [7, 11) is 0. The molecule has 0 aliphatic heterocycles. The quantitative estimate of drug-likeness (QED) is 0.103. The van der Waals surface area contributed by atoms with Crippen molar-refractivity contribution in [2.24, 2.45) is 0 Å². The van der Waals surface area contributed by atoms with E-state index in [1.807, 2.05) is 36.4 Å². The first-order valence-electron chi connectivity index (χ1n) is 20.1. The van der Waals surface area contributed by atoms with Crippen molar-refractivity contribution in [1.82, 2.24) is 0 Å². The van der Waals surface area contributed by atoms with Crippen molar-refractivity contribution >= 4 is 74.9 Å². The predicted molar refractivity (Wildman–Crippen MR) is 254 cm³/mol. The predicted octanol–water partition coefficient (Wildman–Crippen LogP) is 15.8. The van der Waals surface area contributed by atoms with E-state index >= 15 is 0 Å². The molecule has 288 valence electrons. The summed E-state index contributed by atoms with van der Waals surface area (Å²) < 4.78 is 0. The van der Waals surface area contributed by atoms with E-state index in [1.165, 1.54) is 22.3 Å². The summed E-state index contributed by atoms with van der Waals surface area (Å²) >= 11 is 0. The summed E-state index contributed by atoms with van der Waals surface area (Å²) in [5.41, 5.74) is 16.2. The molecule has 0 unspecified atom stereocenters. The molecule has 0 N–H and O–H groups in total. The lowest BCUT2D eigenvalue weighted by molar-refractivity contribution is 1.27. The van der Waals surface area contributed by atoms with Crippen molar-refractivity contribution in [1.29, 1.82) is 5.26 Å². The van der Waals surface area contributed by atoms with Gasteiger partial charge in [-0.1, -0.05) is 125 Å². The Bertz CT molecular complexity index is 2630. The van der Waals surface area contributed by atoms with Gasteiger partial charge in [0.25, 0.3) is 0 Å². The lowest BCUT2D eigenvalue weighted by atomic mass is 9.97. The highest BCUT2D eigenvalue weighted by molar-refractivity contribution is 6.01. The van der Waals surface area contributed by atoms with Gasteiger partial charge in [0.15, 0.2) is 5.69 Å². The molecular weight excluding hydrogens is 729 g/mol. The maximum absolute atomic E-state index is 10.3. The molecule has 0 amide bonds. The number of fused-ring (bicyclic) bond motifs is 1. The van der Waals surface area contributed by atoms with Gasteiger partial charge in [-0.25, -0.2) is 4.85 Å². The zero-order chi connectivity index (χ0) is 41.6. The lowest BCUT2D eigenvalue weighted by Gasteiger charge is -2.25. The molecular formula is C56H44N4. The molecule has 0 bridgehead atoms. The summed E-state index contributed by atoms with van der Waals surface area (Å²) in [6.07, 6.45) is 8.13. The normalized spacial score (nSPS) is 11.2. The van der Waals surface area contributed by atoms with Crippen LogP contribution in [0.5, 0.6) is 0 Å². The Morgan fingerprint density at radius 2 is 0.700 bits per heavy atom. The summed E-state index contributed by atoms with van der Waals surface area (Å²) in [6.45, 7) is 16.5. The van der Waals surface area contributed by atoms with E-state index in [1.54, 1.807) is 0 Å². The van der Waals surface area contributed by atoms with E-state index in [4.69, 9.17) is 6.57 Å². The molecule has 8 aromatic carbocycles. The van der Waals surface area contributed by atoms with Gasteiger partial charge in [-0.3, -0.25) is 0 Å². The highest BCUT2D eigenvalue weighted by Gasteiger charge is 2.14. The maximum Gasteiger partial charge on any atom is 0.195 e. The third-order valence-electron chi connectivity index (χ3n) is 10.7. The minimum Gasteiger partial charge on any atom is -0.311 e. The van der Waals surface area contributed by atoms with Crippen LogP contribution in [0.25, 0.3) is 39.9 Å². The number of anilines is 6. The molecule has 0 aromatic heterocycles. The zero-order valence-electron chi connectivity index (χ0n) is 34.3. The molecule has 8 aromatic rings. The fourth-order valence-electron chi connectivity index (χ4n) is 7.39. The Hall–Kier alpha value is -7.92. The van der Waals surface area contributed by atoms with Crippen LogP contribution in [0, 0.1) is 45.6 Å². The lowest BCUT2D eigenvalue weighted by Crippen LogP contribution is -2.09. The third kappa shape index (κ3) is 8.65. The SMILES string of the molecule is [C-]#[N+]c1cc(/C=C/c2ccc(N(c3ccc(C)cc3)c3ccc(C)cc3)cc2)cc2c(C#N)cc(/C=C/c3ccc(N(c4ccc(C)cc4)c4ccc(C)cc4)cc3)cc12. The van der Waals surface area contributed by atoms with Crippen molar-refractivity contribution in [3.8, 4) is 6.07 Å². The first-order chi connectivity index (χ1) is 29.2. The van der Waals surface area contributed by atoms with Crippen molar-refractivity contribution in [3.63, 3.8) is 0 Å². The highest BCUT2D eigenvalue weighted by Crippen LogP contribution is 2.37. The van der Waals surface area contributed by atoms with Gasteiger partial charge >= 0.3 is 0 Å². The second-order valence-electron chi connectivity index (χ2n) is 15.3. The molecule has 60 heavy (non-hydrogen) atoms. The summed E-state index contributed by atoms with van der Waals surface area (Å²) in [5.74, 6) is 0. The second-order valence-corrected chi connectivity index (χ2v) is 15.3. The van der Waals surface area contributed by atoms with Crippen molar-refractivity contribution in [2.45, 2.75) is 27.7 Å². The van der Waals surface area contributed by atoms with Crippen LogP contribution in [0.4, 0.5) is 39.8 Å². The second kappa shape index (κ2) is 17.3. The molecule has 4 heteroatoms. The molecule has 4 nitrogen and oxygen atoms in total. The Labute approximate surface area is 353 Å². The number of nitrogens with zero attached hydrogens (tertiary/aromatic N) is 4. The molecule has 0 radical (unpaired) electrons. The van der Waals surface area contributed by atoms with Gasteiger partial charge in [0.1, 0.15) is 0 Å². The van der Waals surface area contributed by atoms with Gasteiger partial charge in [-0.15, -0.1) is 0 Å². The number of rotatable bonds is 10. The minimum atomic E-state index is 0.512. The van der Waals surface area contributed by atoms with E-state index in [-0.39, 0.29) is 0 Å². The highest BCUT2D eigenvalue weighted by atomic mass is 15.1. The monoisotopic (exact) mass is 772 g/mol. The number of hydrogen-bond donors (Lipinski definition) is 0. The van der Waals surface area contributed by atoms with E-state index in [0.29, 0.717) is 11.3 Å². The van der Waals surface area contributed by atoms with Gasteiger partial charge in [0, 0.05) is 34.1 Å². The van der Waals surface area contributed by atoms with E-state index < -0.39 is 0 Å². The number of hydrogen-bond acceptors (Lipinski definition) is 3. The largest absolute Gasteiger partial charge is 0.311 e. The fraction of sp³-hybridized carbons (Fsp3) is 0.0714. The zero-order valence-corrected chi connectivity index (χ0v) is 34.3. The first-order valence-corrected chi connectivity index (χ1v) is 20.1. The van der Waals surface area contributed by atoms with Gasteiger partial charge in [0.05, 0.1) is 18.2 Å². The molecule has 0 saturated carbocycles. The van der Waals surface area contributed by atoms with Crippen LogP contribution in [0.15, 0.2) is 170 Å². The Kier molecular flexibility index (Phi) is 11.2. The smallest absolute Gasteiger partial charge is 0.195 e. The summed E-state index contributed by atoms with van der Waals surface area (Å²) in [4.78, 5) is 8.42. The topological polar surface area (TPSA) is 34.6 Å². The van der Waals surface area contributed by atoms with E-state index in [9.17, 15) is 5.26 Å². The van der Waals surface area contributed by atoms with Crippen LogP contribution in [0.2, 0.25) is 0 Å². The van der Waals surface area contributed by atoms with Crippen LogP contribution >= 0.6 is 0 Å². The molecule has 0 aliphatic rings. The molecule has 0 atom stereocenters. The van der Waals surface area contributed by atoms with E-state index in [0.717, 1.165) is 67.2 Å². The van der Waals surface area contributed by atoms with Crippen molar-refractivity contribution < 1.29 is 0 Å². The van der Waals surface area contributed by atoms with Crippen LogP contribution < -0.4 is 9.80 Å². The van der Waals surface area contributed by atoms with Gasteiger partial charge in [0.2, 0.25) is 0 Å². The summed E-state index contributed by atoms with van der Waals surface area (Å²) in [6, 6.07) is 61.5. The average molecular weight is 773 g/mol. The number of nitriles is 1. The Morgan fingerprint density at radius 3 is 1.03 bits per heavy atom. The van der Waals surface area contributed by atoms with E-state index in [2.05, 4.69) is 206 Å². The molecule has 8 rings (SSSR count). The number of aryl methyl sites for hydroxylation is 4. The minimum absolute atomic E-state index is 0.512. The van der Waals surface area contributed by atoms with Crippen LogP contribution in [-0.2, 0) is 0 Å². The molecule has 0 saturated heterocycles. The van der Waals surface area contributed by atoms with Crippen molar-refractivity contribution in [2.75, 3.05) is 9.80 Å². The van der Waals surface area contributed by atoms with Crippen LogP contribution in [0.3, 0.4) is 0 Å². The van der Waals surface area contributed by atoms with Crippen molar-refractivity contribution in [3.05, 3.63) is 231 Å². The van der Waals surface area contributed by atoms with Gasteiger partial charge < -0.3 is 9.80 Å². The standard InChI is InChI=1S/C56H44N4/c1-39-6-22-48(23-7-39)59(49-24-8-40(2)9-25-49)52-30-18-43(19-31-52)14-16-45-34-47(38-57)54-35-46(37-56(58-5)55(54)36-45)17-15-44-20-32-53(33-21-44)60(50-26-10-41(3)11-27-50)51-28-12-42(4)13-29-51/h6-37H,1-4H3/b16-14+,17-15+. The van der Waals surface area contributed by atoms with Crippen LogP contribution in [0.1, 0.15) is 50.1 Å². The molecule has 0 aliphatic carbocycles. The molecule has 0 fully saturated rings. The average Bonchev–Trinajstić information content (AvgIpc) is 3.28. The maximum atomic E-state index is 10.3. The van der Waals surface area contributed by atoms with Gasteiger partial charge in [-0.2, -0.15) is 5.26 Å². The van der Waals surface area contributed by atoms with Gasteiger partial charge in [-0.05, 0) is 152 Å². The fourth-order valence-corrected chi connectivity index (χ4v) is 7.39.